The van der Waals surface area contributed by atoms with Gasteiger partial charge in [0.1, 0.15) is 5.75 Å². The van der Waals surface area contributed by atoms with Crippen molar-refractivity contribution in [1.29, 1.82) is 0 Å². The van der Waals surface area contributed by atoms with Gasteiger partial charge >= 0.3 is 6.18 Å². The maximum atomic E-state index is 12.8. The molecule has 0 aromatic heterocycles. The van der Waals surface area contributed by atoms with E-state index in [0.717, 1.165) is 0 Å². The minimum Gasteiger partial charge on any atom is -0.497 e. The number of carbonyl (C=O) groups is 1. The lowest BCUT2D eigenvalue weighted by molar-refractivity contribution is -0.0793. The molecule has 0 fully saturated rings. The standard InChI is InChI=1S/C17H13F3O2/c1-22-14-9-7-12(8-10-14)15(11-17(18,19)20)16(21)13-5-3-2-4-6-13/h2-11H,1H3/b15-11+. The minimum atomic E-state index is -4.58. The molecule has 114 valence electrons. The van der Waals surface area contributed by atoms with E-state index in [4.69, 9.17) is 4.74 Å². The molecule has 0 unspecified atom stereocenters. The summed E-state index contributed by atoms with van der Waals surface area (Å²) < 4.78 is 43.2. The predicted octanol–water partition coefficient (Wildman–Crippen LogP) is 4.52. The second-order valence-corrected chi connectivity index (χ2v) is 4.52. The van der Waals surface area contributed by atoms with Crippen LogP contribution in [0.1, 0.15) is 15.9 Å². The Labute approximate surface area is 125 Å². The topological polar surface area (TPSA) is 26.3 Å². The number of Topliss-reactive ketones (excluding diaryl/α,β-unsaturated/α-hetero) is 1. The monoisotopic (exact) mass is 306 g/mol. The zero-order valence-electron chi connectivity index (χ0n) is 11.7. The second kappa shape index (κ2) is 6.47. The lowest BCUT2D eigenvalue weighted by atomic mass is 9.96. The summed E-state index contributed by atoms with van der Waals surface area (Å²) in [5.74, 6) is -0.176. The molecule has 22 heavy (non-hydrogen) atoms. The average Bonchev–Trinajstić information content (AvgIpc) is 2.52. The van der Waals surface area contributed by atoms with Crippen LogP contribution in [0.25, 0.3) is 5.57 Å². The van der Waals surface area contributed by atoms with Crippen LogP contribution in [0.4, 0.5) is 13.2 Å². The van der Waals surface area contributed by atoms with Crippen molar-refractivity contribution >= 4 is 11.4 Å². The summed E-state index contributed by atoms with van der Waals surface area (Å²) in [6, 6.07) is 13.7. The molecule has 0 N–H and O–H groups in total. The third-order valence-corrected chi connectivity index (χ3v) is 2.99. The zero-order chi connectivity index (χ0) is 16.2. The molecule has 0 bridgehead atoms. The number of methoxy groups -OCH3 is 1. The fraction of sp³-hybridized carbons (Fsp3) is 0.118. The van der Waals surface area contributed by atoms with E-state index in [1.54, 1.807) is 18.2 Å². The molecule has 0 amide bonds. The third kappa shape index (κ3) is 3.97. The van der Waals surface area contributed by atoms with Gasteiger partial charge in [-0.2, -0.15) is 13.2 Å². The van der Waals surface area contributed by atoms with Crippen molar-refractivity contribution in [1.82, 2.24) is 0 Å². The van der Waals surface area contributed by atoms with E-state index in [1.165, 1.54) is 43.5 Å². The fourth-order valence-corrected chi connectivity index (χ4v) is 1.96. The van der Waals surface area contributed by atoms with Crippen LogP contribution < -0.4 is 4.74 Å². The highest BCUT2D eigenvalue weighted by molar-refractivity contribution is 6.29. The molecule has 0 aliphatic heterocycles. The lowest BCUT2D eigenvalue weighted by Crippen LogP contribution is -2.09. The Bertz CT molecular complexity index is 671. The molecule has 2 rings (SSSR count). The first-order chi connectivity index (χ1) is 10.4. The molecule has 2 nitrogen and oxygen atoms in total. The molecule has 0 saturated carbocycles. The number of benzene rings is 2. The number of hydrogen-bond donors (Lipinski definition) is 0. The second-order valence-electron chi connectivity index (χ2n) is 4.52. The van der Waals surface area contributed by atoms with E-state index < -0.39 is 17.5 Å². The summed E-state index contributed by atoms with van der Waals surface area (Å²) in [4.78, 5) is 12.4. The van der Waals surface area contributed by atoms with Crippen molar-refractivity contribution in [2.45, 2.75) is 6.18 Å². The molecule has 2 aromatic rings. The lowest BCUT2D eigenvalue weighted by Gasteiger charge is -2.10. The van der Waals surface area contributed by atoms with E-state index in [1.807, 2.05) is 0 Å². The van der Waals surface area contributed by atoms with Crippen molar-refractivity contribution in [3.63, 3.8) is 0 Å². The molecule has 0 saturated heterocycles. The molecular weight excluding hydrogens is 293 g/mol. The highest BCUT2D eigenvalue weighted by Gasteiger charge is 2.28. The van der Waals surface area contributed by atoms with Crippen LogP contribution in [0.2, 0.25) is 0 Å². The first-order valence-electron chi connectivity index (χ1n) is 6.44. The summed E-state index contributed by atoms with van der Waals surface area (Å²) in [5.41, 5.74) is -0.0119. The number of rotatable bonds is 4. The zero-order valence-corrected chi connectivity index (χ0v) is 11.7. The fourth-order valence-electron chi connectivity index (χ4n) is 1.96. The maximum Gasteiger partial charge on any atom is 0.410 e. The number of halogens is 3. The highest BCUT2D eigenvalue weighted by Crippen LogP contribution is 2.28. The molecule has 0 heterocycles. The predicted molar refractivity (Wildman–Crippen MR) is 77.8 cm³/mol. The molecule has 0 aliphatic carbocycles. The molecule has 2 aromatic carbocycles. The van der Waals surface area contributed by atoms with Crippen molar-refractivity contribution in [3.05, 3.63) is 71.8 Å². The summed E-state index contributed by atoms with van der Waals surface area (Å²) in [6.07, 6.45) is -4.55. The van der Waals surface area contributed by atoms with Gasteiger partial charge in [0.25, 0.3) is 0 Å². The summed E-state index contributed by atoms with van der Waals surface area (Å²) in [6.45, 7) is 0. The van der Waals surface area contributed by atoms with Gasteiger partial charge in [0.15, 0.2) is 5.78 Å². The molecule has 0 spiro atoms. The van der Waals surface area contributed by atoms with Crippen LogP contribution in [0.15, 0.2) is 60.7 Å². The number of allylic oxidation sites excluding steroid dienone is 2. The third-order valence-electron chi connectivity index (χ3n) is 2.99. The Kier molecular flexibility index (Phi) is 4.65. The molecule has 0 atom stereocenters. The first kappa shape index (κ1) is 15.8. The van der Waals surface area contributed by atoms with Crippen LogP contribution in [-0.2, 0) is 0 Å². The van der Waals surface area contributed by atoms with Crippen LogP contribution in [0.5, 0.6) is 5.75 Å². The molecule has 0 aliphatic rings. The average molecular weight is 306 g/mol. The van der Waals surface area contributed by atoms with E-state index in [9.17, 15) is 18.0 Å². The Hall–Kier alpha value is -2.56. The smallest absolute Gasteiger partial charge is 0.410 e. The largest absolute Gasteiger partial charge is 0.497 e. The van der Waals surface area contributed by atoms with Gasteiger partial charge in [0, 0.05) is 17.2 Å². The van der Waals surface area contributed by atoms with Crippen molar-refractivity contribution in [2.75, 3.05) is 7.11 Å². The van der Waals surface area contributed by atoms with E-state index in [-0.39, 0.29) is 17.2 Å². The Morgan fingerprint density at radius 3 is 2.05 bits per heavy atom. The van der Waals surface area contributed by atoms with Gasteiger partial charge in [0.05, 0.1) is 7.11 Å². The van der Waals surface area contributed by atoms with Gasteiger partial charge in [-0.1, -0.05) is 42.5 Å². The number of ketones is 1. The van der Waals surface area contributed by atoms with E-state index in [0.29, 0.717) is 5.75 Å². The van der Waals surface area contributed by atoms with Gasteiger partial charge in [-0.3, -0.25) is 4.79 Å². The Morgan fingerprint density at radius 1 is 0.955 bits per heavy atom. The summed E-state index contributed by atoms with van der Waals surface area (Å²) in [5, 5.41) is 0. The minimum absolute atomic E-state index is 0.0319. The van der Waals surface area contributed by atoms with Gasteiger partial charge in [-0.05, 0) is 17.7 Å². The normalized spacial score (nSPS) is 12.1. The summed E-state index contributed by atoms with van der Waals surface area (Å²) in [7, 11) is 1.45. The van der Waals surface area contributed by atoms with E-state index in [2.05, 4.69) is 0 Å². The van der Waals surface area contributed by atoms with Crippen LogP contribution in [0, 0.1) is 0 Å². The van der Waals surface area contributed by atoms with E-state index >= 15 is 0 Å². The Balaban J connectivity index is 2.47. The molecular formula is C17H13F3O2. The van der Waals surface area contributed by atoms with Crippen molar-refractivity contribution in [3.8, 4) is 5.75 Å². The van der Waals surface area contributed by atoms with Crippen molar-refractivity contribution < 1.29 is 22.7 Å². The Morgan fingerprint density at radius 2 is 1.55 bits per heavy atom. The quantitative estimate of drug-likeness (QED) is 0.613. The van der Waals surface area contributed by atoms with Crippen molar-refractivity contribution in [2.24, 2.45) is 0 Å². The summed E-state index contributed by atoms with van der Waals surface area (Å²) >= 11 is 0. The number of carbonyl (C=O) groups excluding carboxylic acids is 1. The molecule has 0 radical (unpaired) electrons. The number of alkyl halides is 3. The van der Waals surface area contributed by atoms with Crippen LogP contribution in [-0.4, -0.2) is 19.1 Å². The van der Waals surface area contributed by atoms with Crippen LogP contribution in [0.3, 0.4) is 0 Å². The molecule has 5 heteroatoms. The van der Waals surface area contributed by atoms with Gasteiger partial charge in [-0.25, -0.2) is 0 Å². The van der Waals surface area contributed by atoms with Crippen LogP contribution >= 0.6 is 0 Å². The maximum absolute atomic E-state index is 12.8. The van der Waals surface area contributed by atoms with Gasteiger partial charge in [-0.15, -0.1) is 0 Å². The number of hydrogen-bond acceptors (Lipinski definition) is 2. The SMILES string of the molecule is COc1ccc(/C(=C\C(F)(F)F)C(=O)c2ccccc2)cc1. The van der Waals surface area contributed by atoms with Gasteiger partial charge < -0.3 is 4.74 Å². The highest BCUT2D eigenvalue weighted by atomic mass is 19.4. The van der Waals surface area contributed by atoms with Gasteiger partial charge in [0.2, 0.25) is 0 Å². The first-order valence-corrected chi connectivity index (χ1v) is 6.44. The number of ether oxygens (including phenoxy) is 1.